The lowest BCUT2D eigenvalue weighted by molar-refractivity contribution is 0.0696. The second-order valence-electron chi connectivity index (χ2n) is 3.55. The molecule has 0 aliphatic carbocycles. The van der Waals surface area contributed by atoms with E-state index in [1.165, 1.54) is 12.3 Å². The minimum atomic E-state index is -1.07. The Morgan fingerprint density at radius 3 is 2.94 bits per heavy atom. The van der Waals surface area contributed by atoms with Gasteiger partial charge in [-0.15, -0.1) is 0 Å². The van der Waals surface area contributed by atoms with Crippen molar-refractivity contribution in [3.63, 3.8) is 0 Å². The molecule has 2 aromatic heterocycles. The van der Waals surface area contributed by atoms with Crippen LogP contribution < -0.4 is 11.1 Å². The highest BCUT2D eigenvalue weighted by molar-refractivity contribution is 5.89. The number of carbonyl (C=O) groups is 1. The fourth-order valence-corrected chi connectivity index (χ4v) is 1.32. The third kappa shape index (κ3) is 2.54. The van der Waals surface area contributed by atoms with Gasteiger partial charge in [0.15, 0.2) is 5.82 Å². The van der Waals surface area contributed by atoms with Crippen molar-refractivity contribution in [1.29, 1.82) is 0 Å². The van der Waals surface area contributed by atoms with Crippen molar-refractivity contribution in [3.8, 4) is 0 Å². The maximum Gasteiger partial charge on any atom is 0.337 e. The van der Waals surface area contributed by atoms with Crippen molar-refractivity contribution >= 4 is 17.5 Å². The highest BCUT2D eigenvalue weighted by Crippen LogP contribution is 2.16. The third-order valence-electron chi connectivity index (χ3n) is 2.15. The van der Waals surface area contributed by atoms with E-state index in [1.54, 1.807) is 6.92 Å². The Morgan fingerprint density at radius 1 is 1.61 bits per heavy atom. The fourth-order valence-electron chi connectivity index (χ4n) is 1.32. The van der Waals surface area contributed by atoms with Gasteiger partial charge in [-0.25, -0.2) is 9.78 Å². The van der Waals surface area contributed by atoms with Gasteiger partial charge in [0.05, 0.1) is 17.8 Å². The van der Waals surface area contributed by atoms with E-state index in [0.29, 0.717) is 24.1 Å². The molecule has 8 heteroatoms. The normalized spacial score (nSPS) is 10.3. The summed E-state index contributed by atoms with van der Waals surface area (Å²) in [7, 11) is 0. The molecule has 94 valence electrons. The number of nitrogens with two attached hydrogens (primary N) is 1. The van der Waals surface area contributed by atoms with Crippen LogP contribution in [0, 0.1) is 6.92 Å². The number of nitrogens with zero attached hydrogens (tertiary/aromatic N) is 3. The molecule has 0 aliphatic heterocycles. The predicted octanol–water partition coefficient (Wildman–Crippen LogP) is 0.666. The molecule has 0 aromatic carbocycles. The molecule has 2 rings (SSSR count). The van der Waals surface area contributed by atoms with Crippen LogP contribution in [-0.4, -0.2) is 26.2 Å². The second kappa shape index (κ2) is 4.70. The van der Waals surface area contributed by atoms with Crippen LogP contribution in [0.1, 0.15) is 22.1 Å². The van der Waals surface area contributed by atoms with Crippen molar-refractivity contribution in [2.45, 2.75) is 13.5 Å². The Morgan fingerprint density at radius 2 is 2.39 bits per heavy atom. The summed E-state index contributed by atoms with van der Waals surface area (Å²) in [5.74, 6) is 0.238. The number of nitrogen functional groups attached to an aromatic ring is 1. The molecule has 18 heavy (non-hydrogen) atoms. The largest absolute Gasteiger partial charge is 0.478 e. The van der Waals surface area contributed by atoms with Crippen LogP contribution in [-0.2, 0) is 6.54 Å². The van der Waals surface area contributed by atoms with Gasteiger partial charge in [0, 0.05) is 13.1 Å². The molecular weight excluding hydrogens is 238 g/mol. The summed E-state index contributed by atoms with van der Waals surface area (Å²) in [4.78, 5) is 18.6. The average molecular weight is 249 g/mol. The Labute approximate surface area is 102 Å². The summed E-state index contributed by atoms with van der Waals surface area (Å²) in [5, 5.41) is 15.4. The minimum absolute atomic E-state index is 0.0356. The van der Waals surface area contributed by atoms with Crippen molar-refractivity contribution < 1.29 is 14.4 Å². The van der Waals surface area contributed by atoms with Crippen LogP contribution in [0.4, 0.5) is 11.5 Å². The van der Waals surface area contributed by atoms with E-state index >= 15 is 0 Å². The molecule has 0 atom stereocenters. The topological polar surface area (TPSA) is 127 Å². The Balaban J connectivity index is 2.08. The molecule has 0 saturated heterocycles. The fraction of sp³-hybridized carbons (Fsp3) is 0.200. The van der Waals surface area contributed by atoms with Crippen LogP contribution in [0.2, 0.25) is 0 Å². The maximum absolute atomic E-state index is 10.7. The first-order valence-electron chi connectivity index (χ1n) is 5.08. The second-order valence-corrected chi connectivity index (χ2v) is 3.55. The number of nitrogens with one attached hydrogen (secondary N) is 1. The molecule has 0 unspecified atom stereocenters. The molecule has 0 aliphatic rings. The zero-order valence-electron chi connectivity index (χ0n) is 9.54. The first kappa shape index (κ1) is 11.8. The van der Waals surface area contributed by atoms with Crippen LogP contribution in [0.15, 0.2) is 16.8 Å². The molecule has 2 heterocycles. The quantitative estimate of drug-likeness (QED) is 0.721. The van der Waals surface area contributed by atoms with Crippen molar-refractivity contribution in [3.05, 3.63) is 29.5 Å². The molecule has 0 radical (unpaired) electrons. The number of hydrogen-bond acceptors (Lipinski definition) is 7. The van der Waals surface area contributed by atoms with Gasteiger partial charge in [0.1, 0.15) is 5.82 Å². The number of anilines is 2. The van der Waals surface area contributed by atoms with E-state index in [0.717, 1.165) is 0 Å². The van der Waals surface area contributed by atoms with Gasteiger partial charge in [0.2, 0.25) is 5.89 Å². The van der Waals surface area contributed by atoms with Gasteiger partial charge in [-0.1, -0.05) is 5.16 Å². The number of carboxylic acid groups (broad SMARTS) is 1. The monoisotopic (exact) mass is 249 g/mol. The molecule has 0 fully saturated rings. The smallest absolute Gasteiger partial charge is 0.337 e. The highest BCUT2D eigenvalue weighted by atomic mass is 16.5. The number of hydrogen-bond donors (Lipinski definition) is 3. The molecule has 2 aromatic rings. The zero-order chi connectivity index (χ0) is 13.1. The summed E-state index contributed by atoms with van der Waals surface area (Å²) in [6.45, 7) is 1.98. The van der Waals surface area contributed by atoms with Gasteiger partial charge in [-0.3, -0.25) is 0 Å². The molecular formula is C10H11N5O3. The van der Waals surface area contributed by atoms with Gasteiger partial charge in [0.25, 0.3) is 0 Å². The number of aromatic carboxylic acids is 1. The van der Waals surface area contributed by atoms with Crippen molar-refractivity contribution in [2.75, 3.05) is 11.1 Å². The molecule has 0 spiro atoms. The highest BCUT2D eigenvalue weighted by Gasteiger charge is 2.08. The van der Waals surface area contributed by atoms with Gasteiger partial charge >= 0.3 is 5.97 Å². The van der Waals surface area contributed by atoms with E-state index < -0.39 is 5.97 Å². The predicted molar refractivity (Wildman–Crippen MR) is 62.0 cm³/mol. The number of carboxylic acids is 1. The SMILES string of the molecule is Cc1nc(CNc2ncc(C(=O)O)cc2N)no1. The van der Waals surface area contributed by atoms with E-state index in [2.05, 4.69) is 20.4 Å². The van der Waals surface area contributed by atoms with Crippen LogP contribution in [0.25, 0.3) is 0 Å². The first-order chi connectivity index (χ1) is 8.56. The lowest BCUT2D eigenvalue weighted by Gasteiger charge is -2.06. The number of aromatic nitrogens is 3. The van der Waals surface area contributed by atoms with Crippen LogP contribution >= 0.6 is 0 Å². The Kier molecular flexibility index (Phi) is 3.09. The molecule has 8 nitrogen and oxygen atoms in total. The minimum Gasteiger partial charge on any atom is -0.478 e. The van der Waals surface area contributed by atoms with E-state index in [1.807, 2.05) is 0 Å². The number of aryl methyl sites for hydroxylation is 1. The lowest BCUT2D eigenvalue weighted by Crippen LogP contribution is -2.07. The number of rotatable bonds is 4. The maximum atomic E-state index is 10.7. The first-order valence-corrected chi connectivity index (χ1v) is 5.08. The van der Waals surface area contributed by atoms with E-state index in [9.17, 15) is 4.79 Å². The summed E-state index contributed by atoms with van der Waals surface area (Å²) >= 11 is 0. The third-order valence-corrected chi connectivity index (χ3v) is 2.15. The summed E-state index contributed by atoms with van der Waals surface area (Å²) in [5.41, 5.74) is 5.96. The van der Waals surface area contributed by atoms with Crippen LogP contribution in [0.3, 0.4) is 0 Å². The Hall–Kier alpha value is -2.64. The van der Waals surface area contributed by atoms with Gasteiger partial charge < -0.3 is 20.7 Å². The van der Waals surface area contributed by atoms with E-state index in [4.69, 9.17) is 15.4 Å². The van der Waals surface area contributed by atoms with Gasteiger partial charge in [-0.05, 0) is 6.07 Å². The standard InChI is InChI=1S/C10H11N5O3/c1-5-14-8(15-18-5)4-13-9-7(11)2-6(3-12-9)10(16)17/h2-3H,4,11H2,1H3,(H,12,13)(H,16,17). The zero-order valence-corrected chi connectivity index (χ0v) is 9.54. The Bertz CT molecular complexity index is 581. The van der Waals surface area contributed by atoms with Gasteiger partial charge in [-0.2, -0.15) is 4.98 Å². The molecule has 0 amide bonds. The van der Waals surface area contributed by atoms with Crippen molar-refractivity contribution in [1.82, 2.24) is 15.1 Å². The number of pyridine rings is 1. The van der Waals surface area contributed by atoms with Crippen LogP contribution in [0.5, 0.6) is 0 Å². The molecule has 0 bridgehead atoms. The summed E-state index contributed by atoms with van der Waals surface area (Å²) in [6.07, 6.45) is 1.22. The summed E-state index contributed by atoms with van der Waals surface area (Å²) in [6, 6.07) is 1.33. The van der Waals surface area contributed by atoms with E-state index in [-0.39, 0.29) is 11.3 Å². The molecule has 0 saturated carbocycles. The molecule has 4 N–H and O–H groups in total. The average Bonchev–Trinajstić information content (AvgIpc) is 2.73. The summed E-state index contributed by atoms with van der Waals surface area (Å²) < 4.78 is 4.80. The van der Waals surface area contributed by atoms with Crippen molar-refractivity contribution in [2.24, 2.45) is 0 Å². The lowest BCUT2D eigenvalue weighted by atomic mass is 10.2.